The zero-order valence-corrected chi connectivity index (χ0v) is 17.2. The van der Waals surface area contributed by atoms with Crippen LogP contribution in [-0.2, 0) is 11.3 Å². The summed E-state index contributed by atoms with van der Waals surface area (Å²) in [6.07, 6.45) is 3.58. The lowest BCUT2D eigenvalue weighted by Gasteiger charge is -2.45. The predicted octanol–water partition coefficient (Wildman–Crippen LogP) is 4.18. The number of hydrogen-bond acceptors (Lipinski definition) is 3. The molecular formula is C23H26BF3N2O2. The van der Waals surface area contributed by atoms with E-state index in [-0.39, 0.29) is 23.1 Å². The second-order valence-electron chi connectivity index (χ2n) is 8.28. The highest BCUT2D eigenvalue weighted by Crippen LogP contribution is 2.38. The first-order chi connectivity index (χ1) is 14.7. The van der Waals surface area contributed by atoms with Crippen LogP contribution in [-0.4, -0.2) is 30.5 Å². The number of rotatable bonds is 10. The highest BCUT2D eigenvalue weighted by Gasteiger charge is 2.47. The van der Waals surface area contributed by atoms with Gasteiger partial charge in [0.05, 0.1) is 7.85 Å². The van der Waals surface area contributed by atoms with Crippen molar-refractivity contribution >= 4 is 13.8 Å². The number of benzene rings is 2. The molecule has 0 aromatic heterocycles. The van der Waals surface area contributed by atoms with Crippen LogP contribution >= 0.6 is 0 Å². The number of halogens is 3. The van der Waals surface area contributed by atoms with Gasteiger partial charge >= 0.3 is 5.97 Å². The summed E-state index contributed by atoms with van der Waals surface area (Å²) < 4.78 is 41.5. The van der Waals surface area contributed by atoms with Gasteiger partial charge in [-0.2, -0.15) is 0 Å². The van der Waals surface area contributed by atoms with Crippen LogP contribution < -0.4 is 11.1 Å². The highest BCUT2D eigenvalue weighted by atomic mass is 19.1. The second kappa shape index (κ2) is 9.87. The number of hydrogen-bond donors (Lipinski definition) is 3. The van der Waals surface area contributed by atoms with Gasteiger partial charge in [0.2, 0.25) is 0 Å². The van der Waals surface area contributed by atoms with Crippen molar-refractivity contribution < 1.29 is 23.1 Å². The fourth-order valence-corrected chi connectivity index (χ4v) is 4.11. The minimum Gasteiger partial charge on any atom is -0.480 e. The van der Waals surface area contributed by atoms with Crippen molar-refractivity contribution in [2.75, 3.05) is 0 Å². The van der Waals surface area contributed by atoms with E-state index in [0.717, 1.165) is 18.6 Å². The number of carboxylic acid groups (broad SMARTS) is 1. The highest BCUT2D eigenvalue weighted by molar-refractivity contribution is 6.08. The molecule has 4 N–H and O–H groups in total. The van der Waals surface area contributed by atoms with Crippen molar-refractivity contribution in [3.05, 3.63) is 59.4 Å². The summed E-state index contributed by atoms with van der Waals surface area (Å²) in [7, 11) is 5.48. The maximum atomic E-state index is 14.5. The number of aliphatic carboxylic acids is 1. The molecule has 8 heteroatoms. The summed E-state index contributed by atoms with van der Waals surface area (Å²) in [5.74, 6) is -3.24. The summed E-state index contributed by atoms with van der Waals surface area (Å²) in [6.45, 7) is 0.387. The number of nitrogens with one attached hydrogen (secondary N) is 1. The quantitative estimate of drug-likeness (QED) is 0.391. The van der Waals surface area contributed by atoms with Crippen LogP contribution in [0.2, 0.25) is 6.32 Å². The molecule has 1 saturated carbocycles. The molecule has 3 rings (SSSR count). The van der Waals surface area contributed by atoms with Crippen LogP contribution in [0.3, 0.4) is 0 Å². The summed E-state index contributed by atoms with van der Waals surface area (Å²) in [6, 6.07) is 7.59. The Labute approximate surface area is 181 Å². The Morgan fingerprint density at radius 3 is 2.32 bits per heavy atom. The van der Waals surface area contributed by atoms with E-state index in [1.807, 2.05) is 0 Å². The SMILES string of the molecule is [B]CCCCC(N)(C(=O)O)C1CC(NCc2ccc(-c3ccc(F)cc3F)c(F)c2)C1. The third-order valence-corrected chi connectivity index (χ3v) is 6.16. The van der Waals surface area contributed by atoms with Crippen molar-refractivity contribution in [2.24, 2.45) is 11.7 Å². The molecule has 0 heterocycles. The first kappa shape index (κ1) is 23.4. The molecule has 0 aliphatic heterocycles. The predicted molar refractivity (Wildman–Crippen MR) is 114 cm³/mol. The van der Waals surface area contributed by atoms with Gasteiger partial charge in [-0.15, -0.1) is 0 Å². The van der Waals surface area contributed by atoms with Crippen LogP contribution in [0, 0.1) is 23.4 Å². The lowest BCUT2D eigenvalue weighted by atomic mass is 9.66. The Morgan fingerprint density at radius 1 is 1.10 bits per heavy atom. The number of unbranched alkanes of at least 4 members (excludes halogenated alkanes) is 1. The van der Waals surface area contributed by atoms with Gasteiger partial charge in [0.1, 0.15) is 23.0 Å². The average molecular weight is 430 g/mol. The van der Waals surface area contributed by atoms with E-state index in [4.69, 9.17) is 13.6 Å². The Morgan fingerprint density at radius 2 is 1.74 bits per heavy atom. The molecule has 164 valence electrons. The molecule has 1 aliphatic carbocycles. The summed E-state index contributed by atoms with van der Waals surface area (Å²) >= 11 is 0. The molecule has 4 nitrogen and oxygen atoms in total. The van der Waals surface area contributed by atoms with Crippen molar-refractivity contribution in [1.29, 1.82) is 0 Å². The molecule has 31 heavy (non-hydrogen) atoms. The molecule has 2 aromatic carbocycles. The minimum atomic E-state index is -1.25. The van der Waals surface area contributed by atoms with Crippen molar-refractivity contribution in [3.8, 4) is 11.1 Å². The van der Waals surface area contributed by atoms with Gasteiger partial charge in [-0.05, 0) is 48.9 Å². The molecule has 2 aromatic rings. The molecule has 2 radical (unpaired) electrons. The van der Waals surface area contributed by atoms with E-state index in [9.17, 15) is 23.1 Å². The van der Waals surface area contributed by atoms with Crippen molar-refractivity contribution in [2.45, 2.75) is 56.5 Å². The van der Waals surface area contributed by atoms with Crippen LogP contribution in [0.25, 0.3) is 11.1 Å². The molecule has 1 unspecified atom stereocenters. The van der Waals surface area contributed by atoms with Gasteiger partial charge in [0.25, 0.3) is 0 Å². The lowest BCUT2D eigenvalue weighted by Crippen LogP contribution is -2.60. The first-order valence-corrected chi connectivity index (χ1v) is 10.4. The average Bonchev–Trinajstić information content (AvgIpc) is 2.67. The van der Waals surface area contributed by atoms with E-state index >= 15 is 0 Å². The summed E-state index contributed by atoms with van der Waals surface area (Å²) in [5.41, 5.74) is 5.69. The lowest BCUT2D eigenvalue weighted by molar-refractivity contribution is -0.148. The molecular weight excluding hydrogens is 404 g/mol. The molecule has 0 saturated heterocycles. The summed E-state index contributed by atoms with van der Waals surface area (Å²) in [5, 5.41) is 12.9. The largest absolute Gasteiger partial charge is 0.480 e. The molecule has 0 bridgehead atoms. The molecule has 1 aliphatic rings. The monoisotopic (exact) mass is 430 g/mol. The fraction of sp³-hybridized carbons (Fsp3) is 0.435. The molecule has 0 amide bonds. The maximum absolute atomic E-state index is 14.5. The van der Waals surface area contributed by atoms with Gasteiger partial charge in [-0.3, -0.25) is 4.79 Å². The van der Waals surface area contributed by atoms with Crippen molar-refractivity contribution in [1.82, 2.24) is 5.32 Å². The van der Waals surface area contributed by atoms with Crippen LogP contribution in [0.4, 0.5) is 13.2 Å². The number of carbonyl (C=O) groups is 1. The minimum absolute atomic E-state index is 0.00263. The van der Waals surface area contributed by atoms with Gasteiger partial charge in [0, 0.05) is 29.8 Å². The molecule has 0 spiro atoms. The normalized spacial score (nSPS) is 20.1. The van der Waals surface area contributed by atoms with E-state index in [1.165, 1.54) is 18.2 Å². The van der Waals surface area contributed by atoms with Gasteiger partial charge < -0.3 is 16.2 Å². The molecule has 1 fully saturated rings. The van der Waals surface area contributed by atoms with E-state index in [0.29, 0.717) is 44.1 Å². The first-order valence-electron chi connectivity index (χ1n) is 10.4. The molecule has 1 atom stereocenters. The van der Waals surface area contributed by atoms with E-state index < -0.39 is 29.0 Å². The topological polar surface area (TPSA) is 75.4 Å². The third kappa shape index (κ3) is 5.30. The fourth-order valence-electron chi connectivity index (χ4n) is 4.11. The number of nitrogens with two attached hydrogens (primary N) is 1. The van der Waals surface area contributed by atoms with Crippen LogP contribution in [0.5, 0.6) is 0 Å². The maximum Gasteiger partial charge on any atom is 0.323 e. The van der Waals surface area contributed by atoms with Gasteiger partial charge in [-0.25, -0.2) is 13.2 Å². The second-order valence-corrected chi connectivity index (χ2v) is 8.28. The van der Waals surface area contributed by atoms with Crippen molar-refractivity contribution in [3.63, 3.8) is 0 Å². The zero-order valence-electron chi connectivity index (χ0n) is 17.2. The van der Waals surface area contributed by atoms with Gasteiger partial charge in [-0.1, -0.05) is 31.3 Å². The third-order valence-electron chi connectivity index (χ3n) is 6.16. The summed E-state index contributed by atoms with van der Waals surface area (Å²) in [4.78, 5) is 11.7. The van der Waals surface area contributed by atoms with Crippen LogP contribution in [0.15, 0.2) is 36.4 Å². The Bertz CT molecular complexity index is 937. The van der Waals surface area contributed by atoms with Crippen LogP contribution in [0.1, 0.15) is 37.7 Å². The Hall–Kier alpha value is -2.32. The van der Waals surface area contributed by atoms with Gasteiger partial charge in [0.15, 0.2) is 0 Å². The number of carboxylic acids is 1. The van der Waals surface area contributed by atoms with E-state index in [1.54, 1.807) is 6.07 Å². The van der Waals surface area contributed by atoms with E-state index in [2.05, 4.69) is 5.32 Å². The standard InChI is InChI=1S/C23H26BF3N2O2/c24-8-2-1-7-23(28,22(30)31)15-10-17(11-15)29-13-14-3-5-18(20(26)9-14)19-6-4-16(25)12-21(19)27/h3-6,9,12,15,17,29H,1-2,7-8,10-11,13,28H2,(H,30,31). The smallest absolute Gasteiger partial charge is 0.323 e. The Kier molecular flexibility index (Phi) is 7.44. The Balaban J connectivity index is 1.56. The zero-order chi connectivity index (χ0) is 22.6.